The van der Waals surface area contributed by atoms with Crippen molar-refractivity contribution in [2.75, 3.05) is 0 Å². The van der Waals surface area contributed by atoms with Gasteiger partial charge in [0.05, 0.1) is 17.7 Å². The number of hydrogen-bond donors (Lipinski definition) is 2. The third-order valence-electron chi connectivity index (χ3n) is 3.94. The summed E-state index contributed by atoms with van der Waals surface area (Å²) in [7, 11) is 0. The number of aliphatic hydroxyl groups excluding tert-OH is 1. The average molecular weight is 328 g/mol. The number of alkyl halides is 3. The van der Waals surface area contributed by atoms with E-state index in [4.69, 9.17) is 5.73 Å². The first-order valence-corrected chi connectivity index (χ1v) is 6.61. The Hall–Kier alpha value is -0.850. The maximum absolute atomic E-state index is 14.0. The van der Waals surface area contributed by atoms with Crippen molar-refractivity contribution in [1.29, 1.82) is 0 Å². The highest BCUT2D eigenvalue weighted by Gasteiger charge is 2.37. The summed E-state index contributed by atoms with van der Waals surface area (Å²) in [5.41, 5.74) is 4.15. The lowest BCUT2D eigenvalue weighted by atomic mass is 9.90. The molecule has 2 rings (SSSR count). The number of halogens is 5. The fraction of sp³-hybridized carbons (Fsp3) is 0.571. The molecule has 1 aromatic carbocycles. The molecule has 2 atom stereocenters. The molecule has 1 fully saturated rings. The minimum Gasteiger partial charge on any atom is -0.391 e. The van der Waals surface area contributed by atoms with E-state index in [2.05, 4.69) is 0 Å². The lowest BCUT2D eigenvalue weighted by Crippen LogP contribution is -2.33. The first-order chi connectivity index (χ1) is 9.32. The van der Waals surface area contributed by atoms with Gasteiger partial charge in [-0.25, -0.2) is 4.39 Å². The SMILES string of the molecule is Cl.N[C@@H](c1cccc(C(F)(F)F)c1F)[C@H](O)C1CCCC1. The van der Waals surface area contributed by atoms with Gasteiger partial charge < -0.3 is 10.8 Å². The van der Waals surface area contributed by atoms with Gasteiger partial charge in [0.15, 0.2) is 0 Å². The molecule has 120 valence electrons. The highest BCUT2D eigenvalue weighted by atomic mass is 35.5. The van der Waals surface area contributed by atoms with Gasteiger partial charge in [-0.15, -0.1) is 12.4 Å². The van der Waals surface area contributed by atoms with Crippen LogP contribution in [0.4, 0.5) is 17.6 Å². The van der Waals surface area contributed by atoms with Crippen LogP contribution in [0.5, 0.6) is 0 Å². The molecule has 0 radical (unpaired) electrons. The summed E-state index contributed by atoms with van der Waals surface area (Å²) >= 11 is 0. The summed E-state index contributed by atoms with van der Waals surface area (Å²) < 4.78 is 51.9. The van der Waals surface area contributed by atoms with Crippen LogP contribution >= 0.6 is 12.4 Å². The fourth-order valence-electron chi connectivity index (χ4n) is 2.80. The summed E-state index contributed by atoms with van der Waals surface area (Å²) in [5, 5.41) is 10.1. The molecule has 7 heteroatoms. The van der Waals surface area contributed by atoms with Crippen molar-refractivity contribution >= 4 is 12.4 Å². The van der Waals surface area contributed by atoms with Crippen molar-refractivity contribution in [2.45, 2.75) is 44.0 Å². The minimum atomic E-state index is -4.77. The maximum atomic E-state index is 14.0. The van der Waals surface area contributed by atoms with Crippen LogP contribution in [-0.2, 0) is 6.18 Å². The molecular weight excluding hydrogens is 310 g/mol. The molecule has 0 spiro atoms. The molecule has 0 heterocycles. The quantitative estimate of drug-likeness (QED) is 0.829. The number of benzene rings is 1. The predicted octanol–water partition coefficient (Wildman–Crippen LogP) is 3.82. The van der Waals surface area contributed by atoms with Gasteiger partial charge in [0, 0.05) is 5.56 Å². The maximum Gasteiger partial charge on any atom is 0.419 e. The van der Waals surface area contributed by atoms with Crippen LogP contribution in [0.3, 0.4) is 0 Å². The Morgan fingerprint density at radius 3 is 2.29 bits per heavy atom. The van der Waals surface area contributed by atoms with Gasteiger partial charge in [-0.1, -0.05) is 25.0 Å². The Morgan fingerprint density at radius 2 is 1.76 bits per heavy atom. The zero-order valence-corrected chi connectivity index (χ0v) is 12.1. The van der Waals surface area contributed by atoms with E-state index < -0.39 is 29.7 Å². The van der Waals surface area contributed by atoms with Crippen molar-refractivity contribution < 1.29 is 22.7 Å². The Balaban J connectivity index is 0.00000220. The first kappa shape index (κ1) is 18.2. The third-order valence-corrected chi connectivity index (χ3v) is 3.94. The molecule has 0 aromatic heterocycles. The van der Waals surface area contributed by atoms with E-state index in [9.17, 15) is 22.7 Å². The van der Waals surface area contributed by atoms with Gasteiger partial charge in [0.25, 0.3) is 0 Å². The standard InChI is InChI=1S/C14H17F4NO.ClH/c15-11-9(6-3-7-10(11)14(16,17)18)12(19)13(20)8-4-1-2-5-8;/h3,6-8,12-13,20H,1-2,4-5,19H2;1H/t12-,13+;/m0./s1. The van der Waals surface area contributed by atoms with Crippen LogP contribution in [0.25, 0.3) is 0 Å². The van der Waals surface area contributed by atoms with Crippen molar-refractivity contribution in [3.8, 4) is 0 Å². The van der Waals surface area contributed by atoms with Crippen molar-refractivity contribution in [3.05, 3.63) is 35.1 Å². The van der Waals surface area contributed by atoms with Crippen molar-refractivity contribution in [3.63, 3.8) is 0 Å². The Morgan fingerprint density at radius 1 is 1.19 bits per heavy atom. The molecule has 1 aliphatic rings. The van der Waals surface area contributed by atoms with E-state index in [0.29, 0.717) is 6.07 Å². The monoisotopic (exact) mass is 327 g/mol. The fourth-order valence-corrected chi connectivity index (χ4v) is 2.80. The minimum absolute atomic E-state index is 0. The van der Waals surface area contributed by atoms with E-state index in [1.54, 1.807) is 0 Å². The van der Waals surface area contributed by atoms with Crippen LogP contribution in [-0.4, -0.2) is 11.2 Å². The molecule has 0 unspecified atom stereocenters. The lowest BCUT2D eigenvalue weighted by molar-refractivity contribution is -0.140. The second kappa shape index (κ2) is 6.94. The van der Waals surface area contributed by atoms with Gasteiger partial charge in [-0.3, -0.25) is 0 Å². The molecule has 1 aromatic rings. The van der Waals surface area contributed by atoms with Gasteiger partial charge in [0.2, 0.25) is 0 Å². The summed E-state index contributed by atoms with van der Waals surface area (Å²) in [6.45, 7) is 0. The van der Waals surface area contributed by atoms with Gasteiger partial charge in [0.1, 0.15) is 5.82 Å². The highest BCUT2D eigenvalue weighted by Crippen LogP contribution is 2.36. The smallest absolute Gasteiger partial charge is 0.391 e. The van der Waals surface area contributed by atoms with Gasteiger partial charge >= 0.3 is 6.18 Å². The molecule has 21 heavy (non-hydrogen) atoms. The summed E-state index contributed by atoms with van der Waals surface area (Å²) in [6.07, 6.45) is -2.32. The normalized spacial score (nSPS) is 19.1. The first-order valence-electron chi connectivity index (χ1n) is 6.61. The van der Waals surface area contributed by atoms with Crippen molar-refractivity contribution in [1.82, 2.24) is 0 Å². The molecule has 1 saturated carbocycles. The van der Waals surface area contributed by atoms with Gasteiger partial charge in [-0.05, 0) is 24.8 Å². The molecule has 0 bridgehead atoms. The number of nitrogens with two attached hydrogens (primary N) is 1. The summed E-state index contributed by atoms with van der Waals surface area (Å²) in [6, 6.07) is 1.85. The van der Waals surface area contributed by atoms with Crippen LogP contribution in [0.15, 0.2) is 18.2 Å². The molecule has 0 amide bonds. The molecule has 0 aliphatic heterocycles. The van der Waals surface area contributed by atoms with E-state index in [1.165, 1.54) is 6.07 Å². The third kappa shape index (κ3) is 3.87. The zero-order valence-electron chi connectivity index (χ0n) is 11.2. The van der Waals surface area contributed by atoms with Crippen molar-refractivity contribution in [2.24, 2.45) is 11.7 Å². The summed E-state index contributed by atoms with van der Waals surface area (Å²) in [4.78, 5) is 0. The Bertz CT molecular complexity index is 475. The molecule has 2 nitrogen and oxygen atoms in total. The van der Waals surface area contributed by atoms with Crippen LogP contribution in [0.2, 0.25) is 0 Å². The van der Waals surface area contributed by atoms with E-state index in [0.717, 1.165) is 31.7 Å². The molecule has 3 N–H and O–H groups in total. The van der Waals surface area contributed by atoms with E-state index >= 15 is 0 Å². The number of aliphatic hydroxyl groups is 1. The molecule has 1 aliphatic carbocycles. The Labute approximate surface area is 126 Å². The van der Waals surface area contributed by atoms with E-state index in [-0.39, 0.29) is 23.9 Å². The van der Waals surface area contributed by atoms with Crippen LogP contribution in [0, 0.1) is 11.7 Å². The molecular formula is C14H18ClF4NO. The number of rotatable bonds is 3. The summed E-state index contributed by atoms with van der Waals surface area (Å²) in [5.74, 6) is -1.46. The van der Waals surface area contributed by atoms with Gasteiger partial charge in [-0.2, -0.15) is 13.2 Å². The predicted molar refractivity (Wildman–Crippen MR) is 73.5 cm³/mol. The van der Waals surface area contributed by atoms with Crippen LogP contribution < -0.4 is 5.73 Å². The highest BCUT2D eigenvalue weighted by molar-refractivity contribution is 5.85. The second-order valence-corrected chi connectivity index (χ2v) is 5.27. The largest absolute Gasteiger partial charge is 0.419 e. The lowest BCUT2D eigenvalue weighted by Gasteiger charge is -2.25. The van der Waals surface area contributed by atoms with Crippen LogP contribution in [0.1, 0.15) is 42.9 Å². The Kier molecular flexibility index (Phi) is 6.01. The van der Waals surface area contributed by atoms with E-state index in [1.807, 2.05) is 0 Å². The topological polar surface area (TPSA) is 46.2 Å². The average Bonchev–Trinajstić information content (AvgIpc) is 2.89. The zero-order chi connectivity index (χ0) is 14.9. The second-order valence-electron chi connectivity index (χ2n) is 5.27. The molecule has 0 saturated heterocycles. The number of hydrogen-bond acceptors (Lipinski definition) is 2.